The molecule has 94 valence electrons. The molecule has 0 aromatic carbocycles. The summed E-state index contributed by atoms with van der Waals surface area (Å²) in [6.45, 7) is 8.87. The molecule has 17 heavy (non-hydrogen) atoms. The summed E-state index contributed by atoms with van der Waals surface area (Å²) < 4.78 is 5.46. The highest BCUT2D eigenvalue weighted by Crippen LogP contribution is 2.58. The predicted octanol–water partition coefficient (Wildman–Crippen LogP) is 2.22. The number of aromatic nitrogens is 2. The summed E-state index contributed by atoms with van der Waals surface area (Å²) in [6.07, 6.45) is 3.37. The Morgan fingerprint density at radius 1 is 1.24 bits per heavy atom. The van der Waals surface area contributed by atoms with E-state index in [0.717, 1.165) is 37.6 Å². The monoisotopic (exact) mass is 235 g/mol. The smallest absolute Gasteiger partial charge is 0.230 e. The number of rotatable bonds is 2. The molecular weight excluding hydrogens is 214 g/mol. The summed E-state index contributed by atoms with van der Waals surface area (Å²) in [5, 5.41) is 7.60. The van der Waals surface area contributed by atoms with E-state index in [9.17, 15) is 0 Å². The molecule has 1 aliphatic heterocycles. The maximum atomic E-state index is 5.46. The van der Waals surface area contributed by atoms with Gasteiger partial charge in [0.1, 0.15) is 0 Å². The van der Waals surface area contributed by atoms with Crippen LogP contribution in [0, 0.1) is 5.41 Å². The molecule has 2 heterocycles. The first-order valence-electron chi connectivity index (χ1n) is 6.56. The van der Waals surface area contributed by atoms with Gasteiger partial charge < -0.3 is 9.84 Å². The van der Waals surface area contributed by atoms with Crippen LogP contribution in [0.1, 0.15) is 57.7 Å². The Labute approximate surface area is 102 Å². The topological polar surface area (TPSA) is 51.0 Å². The third kappa shape index (κ3) is 1.88. The molecule has 2 fully saturated rings. The van der Waals surface area contributed by atoms with Crippen molar-refractivity contribution in [3.05, 3.63) is 11.7 Å². The molecule has 1 atom stereocenters. The van der Waals surface area contributed by atoms with Crippen LogP contribution in [0.25, 0.3) is 0 Å². The van der Waals surface area contributed by atoms with E-state index in [1.54, 1.807) is 0 Å². The van der Waals surface area contributed by atoms with E-state index in [4.69, 9.17) is 4.52 Å². The van der Waals surface area contributed by atoms with Crippen LogP contribution in [0.5, 0.6) is 0 Å². The van der Waals surface area contributed by atoms with Crippen molar-refractivity contribution >= 4 is 0 Å². The number of nitrogens with one attached hydrogen (secondary N) is 1. The van der Waals surface area contributed by atoms with E-state index in [2.05, 4.69) is 36.2 Å². The van der Waals surface area contributed by atoms with Crippen LogP contribution in [-0.2, 0) is 5.41 Å². The summed E-state index contributed by atoms with van der Waals surface area (Å²) in [4.78, 5) is 4.66. The zero-order valence-corrected chi connectivity index (χ0v) is 10.9. The third-order valence-corrected chi connectivity index (χ3v) is 4.50. The molecule has 2 aliphatic rings. The molecule has 1 saturated heterocycles. The zero-order valence-electron chi connectivity index (χ0n) is 10.9. The maximum absolute atomic E-state index is 5.46. The highest BCUT2D eigenvalue weighted by molar-refractivity contribution is 5.15. The molecule has 1 saturated carbocycles. The van der Waals surface area contributed by atoms with Crippen molar-refractivity contribution in [2.24, 2.45) is 5.41 Å². The molecule has 4 nitrogen and oxygen atoms in total. The van der Waals surface area contributed by atoms with E-state index >= 15 is 0 Å². The van der Waals surface area contributed by atoms with Gasteiger partial charge in [0, 0.05) is 11.3 Å². The SMILES string of the molecule is CC1(c2noc(C3CC3(C)C)n2)CCNCC1. The number of hydrogen-bond acceptors (Lipinski definition) is 4. The van der Waals surface area contributed by atoms with E-state index < -0.39 is 0 Å². The lowest BCUT2D eigenvalue weighted by Gasteiger charge is -2.30. The van der Waals surface area contributed by atoms with Crippen molar-refractivity contribution in [1.29, 1.82) is 0 Å². The minimum Gasteiger partial charge on any atom is -0.339 e. The van der Waals surface area contributed by atoms with Crippen LogP contribution in [0.2, 0.25) is 0 Å². The van der Waals surface area contributed by atoms with Gasteiger partial charge in [-0.15, -0.1) is 0 Å². The lowest BCUT2D eigenvalue weighted by molar-refractivity contribution is 0.298. The van der Waals surface area contributed by atoms with E-state index in [0.29, 0.717) is 11.3 Å². The molecule has 1 unspecified atom stereocenters. The Morgan fingerprint density at radius 2 is 1.88 bits per heavy atom. The molecule has 1 aromatic heterocycles. The molecular formula is C13H21N3O. The number of nitrogens with zero attached hydrogens (tertiary/aromatic N) is 2. The molecule has 1 aromatic rings. The first-order valence-corrected chi connectivity index (χ1v) is 6.56. The summed E-state index contributed by atoms with van der Waals surface area (Å²) >= 11 is 0. The average Bonchev–Trinajstić information content (AvgIpc) is 2.76. The molecule has 3 rings (SSSR count). The predicted molar refractivity (Wildman–Crippen MR) is 64.9 cm³/mol. The number of hydrogen-bond donors (Lipinski definition) is 1. The zero-order chi connectivity index (χ0) is 12.1. The standard InChI is InChI=1S/C13H21N3O/c1-12(2)8-9(12)10-15-11(16-17-10)13(3)4-6-14-7-5-13/h9,14H,4-8H2,1-3H3. The van der Waals surface area contributed by atoms with Crippen molar-refractivity contribution in [2.75, 3.05) is 13.1 Å². The van der Waals surface area contributed by atoms with Crippen molar-refractivity contribution < 1.29 is 4.52 Å². The van der Waals surface area contributed by atoms with E-state index in [-0.39, 0.29) is 5.41 Å². The Hall–Kier alpha value is -0.900. The van der Waals surface area contributed by atoms with Crippen LogP contribution in [0.3, 0.4) is 0 Å². The van der Waals surface area contributed by atoms with E-state index in [1.165, 1.54) is 6.42 Å². The summed E-state index contributed by atoms with van der Waals surface area (Å²) in [5.74, 6) is 2.25. The van der Waals surface area contributed by atoms with Crippen molar-refractivity contribution in [3.8, 4) is 0 Å². The fourth-order valence-electron chi connectivity index (χ4n) is 2.71. The molecule has 0 bridgehead atoms. The lowest BCUT2D eigenvalue weighted by atomic mass is 9.80. The fraction of sp³-hybridized carbons (Fsp3) is 0.846. The van der Waals surface area contributed by atoms with Crippen molar-refractivity contribution in [2.45, 2.75) is 51.4 Å². The Kier molecular flexibility index (Phi) is 2.34. The first-order chi connectivity index (χ1) is 8.01. The van der Waals surface area contributed by atoms with Crippen molar-refractivity contribution in [3.63, 3.8) is 0 Å². The second-order valence-corrected chi connectivity index (χ2v) is 6.51. The Balaban J connectivity index is 1.80. The van der Waals surface area contributed by atoms with Gasteiger partial charge in [-0.1, -0.05) is 25.9 Å². The third-order valence-electron chi connectivity index (χ3n) is 4.50. The highest BCUT2D eigenvalue weighted by Gasteiger charge is 2.50. The molecule has 4 heteroatoms. The second-order valence-electron chi connectivity index (χ2n) is 6.51. The van der Waals surface area contributed by atoms with Crippen LogP contribution in [0.15, 0.2) is 4.52 Å². The molecule has 1 N–H and O–H groups in total. The Morgan fingerprint density at radius 3 is 2.47 bits per heavy atom. The average molecular weight is 235 g/mol. The van der Waals surface area contributed by atoms with Gasteiger partial charge in [-0.3, -0.25) is 0 Å². The van der Waals surface area contributed by atoms with Gasteiger partial charge in [-0.05, 0) is 37.8 Å². The maximum Gasteiger partial charge on any atom is 0.230 e. The van der Waals surface area contributed by atoms with Crippen LogP contribution >= 0.6 is 0 Å². The van der Waals surface area contributed by atoms with Crippen LogP contribution in [-0.4, -0.2) is 23.2 Å². The largest absolute Gasteiger partial charge is 0.339 e. The molecule has 0 radical (unpaired) electrons. The summed E-state index contributed by atoms with van der Waals surface area (Å²) in [7, 11) is 0. The number of piperidine rings is 1. The normalized spacial score (nSPS) is 30.2. The summed E-state index contributed by atoms with van der Waals surface area (Å²) in [6, 6.07) is 0. The minimum absolute atomic E-state index is 0.103. The Bertz CT molecular complexity index is 418. The van der Waals surface area contributed by atoms with Gasteiger partial charge in [0.25, 0.3) is 0 Å². The van der Waals surface area contributed by atoms with Gasteiger partial charge in [-0.2, -0.15) is 4.98 Å². The highest BCUT2D eigenvalue weighted by atomic mass is 16.5. The van der Waals surface area contributed by atoms with Gasteiger partial charge in [-0.25, -0.2) is 0 Å². The second kappa shape index (κ2) is 3.55. The van der Waals surface area contributed by atoms with Crippen LogP contribution in [0.4, 0.5) is 0 Å². The van der Waals surface area contributed by atoms with Gasteiger partial charge in [0.05, 0.1) is 0 Å². The molecule has 0 spiro atoms. The lowest BCUT2D eigenvalue weighted by Crippen LogP contribution is -2.38. The van der Waals surface area contributed by atoms with Gasteiger partial charge in [0.15, 0.2) is 5.82 Å². The van der Waals surface area contributed by atoms with Crippen LogP contribution < -0.4 is 5.32 Å². The van der Waals surface area contributed by atoms with Gasteiger partial charge in [0.2, 0.25) is 5.89 Å². The quantitative estimate of drug-likeness (QED) is 0.854. The van der Waals surface area contributed by atoms with E-state index in [1.807, 2.05) is 0 Å². The molecule has 0 amide bonds. The first kappa shape index (κ1) is 11.2. The minimum atomic E-state index is 0.103. The molecule has 1 aliphatic carbocycles. The summed E-state index contributed by atoms with van der Waals surface area (Å²) in [5.41, 5.74) is 0.463. The van der Waals surface area contributed by atoms with Gasteiger partial charge >= 0.3 is 0 Å². The van der Waals surface area contributed by atoms with Crippen molar-refractivity contribution in [1.82, 2.24) is 15.5 Å². The fourth-order valence-corrected chi connectivity index (χ4v) is 2.71.